The number of hydrogen-bond acceptors (Lipinski definition) is 5. The number of ether oxygens (including phenoxy) is 3. The molecule has 1 N–H and O–H groups in total. The highest BCUT2D eigenvalue weighted by atomic mass is 35.5. The largest absolute Gasteiger partial charge is 0.454 e. The van der Waals surface area contributed by atoms with Gasteiger partial charge < -0.3 is 19.5 Å². The first-order valence-corrected chi connectivity index (χ1v) is 7.90. The van der Waals surface area contributed by atoms with Crippen LogP contribution in [-0.4, -0.2) is 44.4 Å². The second kappa shape index (κ2) is 8.37. The molecule has 1 atom stereocenters. The zero-order chi connectivity index (χ0) is 17.0. The Morgan fingerprint density at radius 3 is 2.39 bits per heavy atom. The van der Waals surface area contributed by atoms with Crippen molar-refractivity contribution in [3.63, 3.8) is 0 Å². The second-order valence-electron chi connectivity index (χ2n) is 4.43. The minimum absolute atomic E-state index is 0.0322. The molecule has 0 unspecified atom stereocenters. The van der Waals surface area contributed by atoms with E-state index in [-0.39, 0.29) is 39.0 Å². The van der Waals surface area contributed by atoms with E-state index in [1.807, 2.05) is 0 Å². The van der Waals surface area contributed by atoms with Crippen LogP contribution in [0.3, 0.4) is 0 Å². The summed E-state index contributed by atoms with van der Waals surface area (Å²) in [4.78, 5) is 23.6. The summed E-state index contributed by atoms with van der Waals surface area (Å²) in [7, 11) is 0. The van der Waals surface area contributed by atoms with E-state index in [1.165, 1.54) is 6.07 Å². The molecule has 6 nitrogen and oxygen atoms in total. The number of rotatable bonds is 4. The molecule has 1 heterocycles. The van der Waals surface area contributed by atoms with Crippen LogP contribution in [0, 0.1) is 0 Å². The maximum Gasteiger partial charge on any atom is 0.338 e. The standard InChI is InChI=1S/C13H11Cl4NO5/c14-6-3-7(15)11(17)12(10(6)16)18-9(19)5-23-13(20)8-4-21-1-2-22-8/h3,8H,1-2,4-5H2,(H,18,19)/t8-/m0/s1. The molecule has 1 aliphatic rings. The second-order valence-corrected chi connectivity index (χ2v) is 6.00. The summed E-state index contributed by atoms with van der Waals surface area (Å²) >= 11 is 23.7. The number of anilines is 1. The maximum atomic E-state index is 11.9. The van der Waals surface area contributed by atoms with Crippen molar-refractivity contribution in [3.8, 4) is 0 Å². The average molecular weight is 403 g/mol. The van der Waals surface area contributed by atoms with Crippen molar-refractivity contribution in [2.75, 3.05) is 31.7 Å². The molecule has 0 aromatic heterocycles. The highest BCUT2D eigenvalue weighted by molar-refractivity contribution is 6.50. The summed E-state index contributed by atoms with van der Waals surface area (Å²) in [6.07, 6.45) is -0.843. The van der Waals surface area contributed by atoms with Crippen LogP contribution in [0.2, 0.25) is 20.1 Å². The van der Waals surface area contributed by atoms with Crippen molar-refractivity contribution in [3.05, 3.63) is 26.2 Å². The molecule has 0 saturated carbocycles. The highest BCUT2D eigenvalue weighted by Gasteiger charge is 2.25. The summed E-state index contributed by atoms with van der Waals surface area (Å²) < 4.78 is 15.1. The lowest BCUT2D eigenvalue weighted by molar-refractivity contribution is -0.171. The van der Waals surface area contributed by atoms with Gasteiger partial charge in [0.1, 0.15) is 0 Å². The van der Waals surface area contributed by atoms with Gasteiger partial charge in [-0.25, -0.2) is 4.79 Å². The fraction of sp³-hybridized carbons (Fsp3) is 0.385. The van der Waals surface area contributed by atoms with E-state index in [4.69, 9.17) is 60.6 Å². The van der Waals surface area contributed by atoms with Gasteiger partial charge >= 0.3 is 5.97 Å². The van der Waals surface area contributed by atoms with Gasteiger partial charge in [-0.3, -0.25) is 4.79 Å². The van der Waals surface area contributed by atoms with E-state index in [1.54, 1.807) is 0 Å². The summed E-state index contributed by atoms with van der Waals surface area (Å²) in [5, 5.41) is 2.71. The Labute approximate surface area is 151 Å². The average Bonchev–Trinajstić information content (AvgIpc) is 2.55. The van der Waals surface area contributed by atoms with Crippen LogP contribution in [-0.2, 0) is 23.8 Å². The molecule has 0 aliphatic carbocycles. The Bertz CT molecular complexity index is 593. The van der Waals surface area contributed by atoms with Gasteiger partial charge in [-0.1, -0.05) is 46.4 Å². The van der Waals surface area contributed by atoms with E-state index in [0.717, 1.165) is 0 Å². The molecular formula is C13H11Cl4NO5. The highest BCUT2D eigenvalue weighted by Crippen LogP contribution is 2.40. The molecule has 0 radical (unpaired) electrons. The lowest BCUT2D eigenvalue weighted by Crippen LogP contribution is -2.37. The third kappa shape index (κ3) is 4.86. The number of carbonyl (C=O) groups excluding carboxylic acids is 2. The van der Waals surface area contributed by atoms with Gasteiger partial charge in [0.25, 0.3) is 5.91 Å². The number of halogens is 4. The minimum atomic E-state index is -0.843. The number of esters is 1. The number of carbonyl (C=O) groups is 2. The first-order chi connectivity index (χ1) is 10.9. The van der Waals surface area contributed by atoms with Gasteiger partial charge in [-0.2, -0.15) is 0 Å². The van der Waals surface area contributed by atoms with E-state index < -0.39 is 24.6 Å². The van der Waals surface area contributed by atoms with Crippen LogP contribution < -0.4 is 5.32 Å². The molecule has 2 rings (SSSR count). The Morgan fingerprint density at radius 2 is 1.83 bits per heavy atom. The monoisotopic (exact) mass is 401 g/mol. The lowest BCUT2D eigenvalue weighted by Gasteiger charge is -2.21. The smallest absolute Gasteiger partial charge is 0.338 e. The predicted octanol–water partition coefficient (Wildman–Crippen LogP) is 3.20. The molecule has 10 heteroatoms. The van der Waals surface area contributed by atoms with E-state index >= 15 is 0 Å². The van der Waals surface area contributed by atoms with Crippen molar-refractivity contribution >= 4 is 64.0 Å². The molecule has 1 aromatic rings. The SMILES string of the molecule is O=C(COC(=O)[C@@H]1COCCO1)Nc1c(Cl)c(Cl)cc(Cl)c1Cl. The van der Waals surface area contributed by atoms with Crippen LogP contribution >= 0.6 is 46.4 Å². The summed E-state index contributed by atoms with van der Waals surface area (Å²) in [6.45, 7) is 0.243. The van der Waals surface area contributed by atoms with Crippen molar-refractivity contribution in [1.82, 2.24) is 0 Å². The molecule has 0 bridgehead atoms. The van der Waals surface area contributed by atoms with Gasteiger partial charge in [0.05, 0.1) is 45.6 Å². The van der Waals surface area contributed by atoms with Crippen LogP contribution in [0.15, 0.2) is 6.07 Å². The fourth-order valence-corrected chi connectivity index (χ4v) is 2.62. The Kier molecular flexibility index (Phi) is 6.76. The fourth-order valence-electron chi connectivity index (χ4n) is 1.71. The molecule has 1 aliphatic heterocycles. The molecule has 1 saturated heterocycles. The molecule has 1 aromatic carbocycles. The predicted molar refractivity (Wildman–Crippen MR) is 86.6 cm³/mol. The molecule has 126 valence electrons. The molecule has 1 fully saturated rings. The summed E-state index contributed by atoms with van der Waals surface area (Å²) in [5.74, 6) is -1.35. The zero-order valence-corrected chi connectivity index (χ0v) is 14.6. The van der Waals surface area contributed by atoms with Crippen molar-refractivity contribution in [2.24, 2.45) is 0 Å². The van der Waals surface area contributed by atoms with E-state index in [2.05, 4.69) is 5.32 Å². The lowest BCUT2D eigenvalue weighted by atomic mass is 10.3. The van der Waals surface area contributed by atoms with Gasteiger partial charge in [-0.15, -0.1) is 0 Å². The Morgan fingerprint density at radius 1 is 1.17 bits per heavy atom. The number of nitrogens with one attached hydrogen (secondary N) is 1. The summed E-state index contributed by atoms with van der Waals surface area (Å²) in [5.41, 5.74) is 0.0455. The van der Waals surface area contributed by atoms with Crippen LogP contribution in [0.4, 0.5) is 5.69 Å². The Balaban J connectivity index is 1.94. The number of benzene rings is 1. The van der Waals surface area contributed by atoms with E-state index in [9.17, 15) is 9.59 Å². The minimum Gasteiger partial charge on any atom is -0.454 e. The molecule has 0 spiro atoms. The zero-order valence-electron chi connectivity index (χ0n) is 11.5. The van der Waals surface area contributed by atoms with Gasteiger partial charge in [0.2, 0.25) is 0 Å². The number of amides is 1. The number of hydrogen-bond donors (Lipinski definition) is 1. The molecular weight excluding hydrogens is 392 g/mol. The molecule has 23 heavy (non-hydrogen) atoms. The first-order valence-electron chi connectivity index (χ1n) is 6.39. The maximum absolute atomic E-state index is 11.9. The van der Waals surface area contributed by atoms with Gasteiger partial charge in [0.15, 0.2) is 12.7 Å². The Hall–Kier alpha value is -0.760. The van der Waals surface area contributed by atoms with Crippen LogP contribution in [0.25, 0.3) is 0 Å². The third-order valence-corrected chi connectivity index (χ3v) is 4.38. The third-order valence-electron chi connectivity index (χ3n) is 2.80. The van der Waals surface area contributed by atoms with Crippen LogP contribution in [0.1, 0.15) is 0 Å². The topological polar surface area (TPSA) is 73.9 Å². The summed E-state index contributed by atoms with van der Waals surface area (Å²) in [6, 6.07) is 1.35. The first kappa shape index (κ1) is 18.6. The van der Waals surface area contributed by atoms with Crippen molar-refractivity contribution < 1.29 is 23.8 Å². The van der Waals surface area contributed by atoms with Gasteiger partial charge in [-0.05, 0) is 6.07 Å². The van der Waals surface area contributed by atoms with E-state index in [0.29, 0.717) is 6.61 Å². The normalized spacial score (nSPS) is 17.7. The van der Waals surface area contributed by atoms with Gasteiger partial charge in [0, 0.05) is 0 Å². The quantitative estimate of drug-likeness (QED) is 0.618. The van der Waals surface area contributed by atoms with Crippen LogP contribution in [0.5, 0.6) is 0 Å². The van der Waals surface area contributed by atoms with Crippen molar-refractivity contribution in [2.45, 2.75) is 6.10 Å². The van der Waals surface area contributed by atoms with Crippen molar-refractivity contribution in [1.29, 1.82) is 0 Å². The molecule has 1 amide bonds.